The summed E-state index contributed by atoms with van der Waals surface area (Å²) in [6, 6.07) is 44.6. The Balaban J connectivity index is 1.35. The molecule has 0 saturated carbocycles. The molecule has 0 amide bonds. The number of rotatable bonds is 12. The predicted molar refractivity (Wildman–Crippen MR) is 182 cm³/mol. The van der Waals surface area contributed by atoms with Crippen LogP contribution in [0.2, 0.25) is 0 Å². The van der Waals surface area contributed by atoms with E-state index < -0.39 is 5.97 Å². The van der Waals surface area contributed by atoms with Gasteiger partial charge in [0, 0.05) is 11.5 Å². The highest BCUT2D eigenvalue weighted by molar-refractivity contribution is 5.97. The van der Waals surface area contributed by atoms with Crippen LogP contribution < -0.4 is 9.47 Å². The molecule has 0 bridgehead atoms. The van der Waals surface area contributed by atoms with Crippen molar-refractivity contribution in [3.05, 3.63) is 173 Å². The van der Waals surface area contributed by atoms with Crippen LogP contribution in [0.5, 0.6) is 11.5 Å². The molecule has 0 fully saturated rings. The van der Waals surface area contributed by atoms with Crippen molar-refractivity contribution in [1.29, 1.82) is 0 Å². The Kier molecular flexibility index (Phi) is 10.5. The maximum absolute atomic E-state index is 13.4. The maximum atomic E-state index is 13.4. The summed E-state index contributed by atoms with van der Waals surface area (Å²) in [4.78, 5) is 18.2. The molecule has 0 radical (unpaired) electrons. The van der Waals surface area contributed by atoms with E-state index in [-0.39, 0.29) is 25.5 Å². The first-order valence-electron chi connectivity index (χ1n) is 15.4. The standard InChI is InChI=1S/C41H33NO5/c43-41(47-30-34-20-11-4-12-21-34)37-26-38(45-28-32-16-7-2-8-17-32)36-24-23-35(22-13-25-44-27-31-14-5-1-6-15-31)40(39(36)42-37)46-29-33-18-9-3-10-19-33/h1-12,14-21,23-24,26H,25,27-30H2. The molecular weight excluding hydrogens is 586 g/mol. The van der Waals surface area contributed by atoms with Crippen LogP contribution in [0, 0.1) is 11.8 Å². The van der Waals surface area contributed by atoms with Crippen molar-refractivity contribution in [1.82, 2.24) is 4.98 Å². The van der Waals surface area contributed by atoms with Gasteiger partial charge in [-0.2, -0.15) is 0 Å². The van der Waals surface area contributed by atoms with Gasteiger partial charge in [-0.1, -0.05) is 133 Å². The van der Waals surface area contributed by atoms with Gasteiger partial charge in [-0.15, -0.1) is 0 Å². The van der Waals surface area contributed by atoms with Gasteiger partial charge < -0.3 is 18.9 Å². The fourth-order valence-corrected chi connectivity index (χ4v) is 4.89. The molecule has 5 aromatic carbocycles. The number of ether oxygens (including phenoxy) is 4. The summed E-state index contributed by atoms with van der Waals surface area (Å²) >= 11 is 0. The summed E-state index contributed by atoms with van der Waals surface area (Å²) in [6.45, 7) is 1.40. The highest BCUT2D eigenvalue weighted by Gasteiger charge is 2.20. The third kappa shape index (κ3) is 8.64. The summed E-state index contributed by atoms with van der Waals surface area (Å²) in [5.41, 5.74) is 5.10. The Bertz CT molecular complexity index is 1970. The number of carbonyl (C=O) groups excluding carboxylic acids is 1. The smallest absolute Gasteiger partial charge is 0.357 e. The first-order chi connectivity index (χ1) is 23.2. The summed E-state index contributed by atoms with van der Waals surface area (Å²) in [6.07, 6.45) is 0. The summed E-state index contributed by atoms with van der Waals surface area (Å²) < 4.78 is 24.2. The second-order valence-electron chi connectivity index (χ2n) is 10.7. The van der Waals surface area contributed by atoms with E-state index in [0.717, 1.165) is 22.3 Å². The zero-order valence-electron chi connectivity index (χ0n) is 25.8. The lowest BCUT2D eigenvalue weighted by Gasteiger charge is -2.16. The molecule has 1 aromatic heterocycles. The van der Waals surface area contributed by atoms with Crippen LogP contribution in [0.15, 0.2) is 140 Å². The van der Waals surface area contributed by atoms with Gasteiger partial charge in [-0.3, -0.25) is 0 Å². The minimum absolute atomic E-state index is 0.109. The van der Waals surface area contributed by atoms with Crippen molar-refractivity contribution in [2.45, 2.75) is 26.4 Å². The van der Waals surface area contributed by atoms with Crippen LogP contribution >= 0.6 is 0 Å². The number of fused-ring (bicyclic) bond motifs is 1. The molecular formula is C41H33NO5. The van der Waals surface area contributed by atoms with E-state index in [2.05, 4.69) is 11.8 Å². The lowest BCUT2D eigenvalue weighted by Crippen LogP contribution is -2.09. The number of carbonyl (C=O) groups is 1. The highest BCUT2D eigenvalue weighted by Crippen LogP contribution is 2.35. The van der Waals surface area contributed by atoms with Crippen molar-refractivity contribution in [2.75, 3.05) is 6.61 Å². The summed E-state index contributed by atoms with van der Waals surface area (Å²) in [7, 11) is 0. The van der Waals surface area contributed by atoms with Gasteiger partial charge in [-0.05, 0) is 34.4 Å². The van der Waals surface area contributed by atoms with Crippen LogP contribution in [0.4, 0.5) is 0 Å². The topological polar surface area (TPSA) is 66.9 Å². The molecule has 6 aromatic rings. The molecule has 0 aliphatic carbocycles. The average molecular weight is 620 g/mol. The van der Waals surface area contributed by atoms with Crippen LogP contribution in [0.1, 0.15) is 38.3 Å². The molecule has 47 heavy (non-hydrogen) atoms. The van der Waals surface area contributed by atoms with Gasteiger partial charge in [0.1, 0.15) is 37.7 Å². The fraction of sp³-hybridized carbons (Fsp3) is 0.122. The van der Waals surface area contributed by atoms with Crippen molar-refractivity contribution in [3.63, 3.8) is 0 Å². The SMILES string of the molecule is O=C(OCc1ccccc1)c1cc(OCc2ccccc2)c2ccc(C#CCOCc3ccccc3)c(OCc3ccccc3)c2n1. The summed E-state index contributed by atoms with van der Waals surface area (Å²) in [5, 5.41) is 0.689. The molecule has 232 valence electrons. The third-order valence-electron chi connectivity index (χ3n) is 7.29. The summed E-state index contributed by atoms with van der Waals surface area (Å²) in [5.74, 6) is 6.68. The highest BCUT2D eigenvalue weighted by atomic mass is 16.5. The number of esters is 1. The molecule has 6 rings (SSSR count). The largest absolute Gasteiger partial charge is 0.488 e. The Morgan fingerprint density at radius 2 is 1.13 bits per heavy atom. The van der Waals surface area contributed by atoms with Crippen LogP contribution in [-0.2, 0) is 35.9 Å². The van der Waals surface area contributed by atoms with E-state index in [1.807, 2.05) is 133 Å². The molecule has 0 aliphatic heterocycles. The van der Waals surface area contributed by atoms with Gasteiger partial charge in [0.25, 0.3) is 0 Å². The van der Waals surface area contributed by atoms with Crippen LogP contribution in [0.25, 0.3) is 10.9 Å². The first-order valence-corrected chi connectivity index (χ1v) is 15.4. The van der Waals surface area contributed by atoms with E-state index in [9.17, 15) is 4.79 Å². The Hall–Kier alpha value is -5.90. The van der Waals surface area contributed by atoms with E-state index in [1.165, 1.54) is 0 Å². The number of nitrogens with zero attached hydrogens (tertiary/aromatic N) is 1. The van der Waals surface area contributed by atoms with Gasteiger partial charge in [-0.25, -0.2) is 9.78 Å². The molecule has 0 saturated heterocycles. The van der Waals surface area contributed by atoms with Gasteiger partial charge in [0.05, 0.1) is 12.2 Å². The maximum Gasteiger partial charge on any atom is 0.357 e. The number of hydrogen-bond acceptors (Lipinski definition) is 6. The lowest BCUT2D eigenvalue weighted by atomic mass is 10.1. The quantitative estimate of drug-likeness (QED) is 0.0780. The second-order valence-corrected chi connectivity index (χ2v) is 10.7. The van der Waals surface area contributed by atoms with Crippen molar-refractivity contribution in [2.24, 2.45) is 0 Å². The first kappa shape index (κ1) is 31.1. The second kappa shape index (κ2) is 15.9. The molecule has 0 unspecified atom stereocenters. The van der Waals surface area contributed by atoms with E-state index in [0.29, 0.717) is 41.2 Å². The van der Waals surface area contributed by atoms with E-state index in [4.69, 9.17) is 23.9 Å². The zero-order chi connectivity index (χ0) is 32.1. The Morgan fingerprint density at radius 3 is 1.72 bits per heavy atom. The van der Waals surface area contributed by atoms with Crippen LogP contribution in [0.3, 0.4) is 0 Å². The molecule has 0 N–H and O–H groups in total. The molecule has 1 heterocycles. The minimum Gasteiger partial charge on any atom is -0.488 e. The number of benzene rings is 5. The Labute approximate surface area is 274 Å². The van der Waals surface area contributed by atoms with E-state index in [1.54, 1.807) is 6.07 Å². The minimum atomic E-state index is -0.569. The van der Waals surface area contributed by atoms with Crippen molar-refractivity contribution in [3.8, 4) is 23.3 Å². The molecule has 6 nitrogen and oxygen atoms in total. The monoisotopic (exact) mass is 619 g/mol. The van der Waals surface area contributed by atoms with Gasteiger partial charge >= 0.3 is 5.97 Å². The van der Waals surface area contributed by atoms with Crippen molar-refractivity contribution >= 4 is 16.9 Å². The Morgan fingerprint density at radius 1 is 0.596 bits per heavy atom. The number of hydrogen-bond donors (Lipinski definition) is 0. The average Bonchev–Trinajstić information content (AvgIpc) is 3.13. The number of aromatic nitrogens is 1. The zero-order valence-corrected chi connectivity index (χ0v) is 25.8. The van der Waals surface area contributed by atoms with Gasteiger partial charge in [0.15, 0.2) is 11.4 Å². The molecule has 6 heteroatoms. The molecule has 0 atom stereocenters. The predicted octanol–water partition coefficient (Wildman–Crippen LogP) is 8.32. The van der Waals surface area contributed by atoms with Gasteiger partial charge in [0.2, 0.25) is 0 Å². The number of pyridine rings is 1. The van der Waals surface area contributed by atoms with Crippen LogP contribution in [-0.4, -0.2) is 17.6 Å². The fourth-order valence-electron chi connectivity index (χ4n) is 4.89. The lowest BCUT2D eigenvalue weighted by molar-refractivity contribution is 0.0465. The van der Waals surface area contributed by atoms with Crippen molar-refractivity contribution < 1.29 is 23.7 Å². The third-order valence-corrected chi connectivity index (χ3v) is 7.29. The molecule has 0 spiro atoms. The normalized spacial score (nSPS) is 10.6. The van der Waals surface area contributed by atoms with E-state index >= 15 is 0 Å². The molecule has 0 aliphatic rings.